The van der Waals surface area contributed by atoms with Gasteiger partial charge < -0.3 is 31.1 Å². The van der Waals surface area contributed by atoms with Crippen LogP contribution in [0.3, 0.4) is 0 Å². The molecule has 0 bridgehead atoms. The molecular formula is C21H34N4O7. The summed E-state index contributed by atoms with van der Waals surface area (Å²) in [4.78, 5) is 62.6. The van der Waals surface area contributed by atoms with Crippen LogP contribution in [0.5, 0.6) is 0 Å². The average Bonchev–Trinajstić information content (AvgIpc) is 3.45. The molecule has 0 aromatic heterocycles. The van der Waals surface area contributed by atoms with Crippen LogP contribution >= 0.6 is 0 Å². The number of carboxylic acid groups (broad SMARTS) is 2. The molecule has 2 aliphatic rings. The molecule has 0 aromatic carbocycles. The summed E-state index contributed by atoms with van der Waals surface area (Å²) >= 11 is 0. The molecule has 0 radical (unpaired) electrons. The van der Waals surface area contributed by atoms with Crippen LogP contribution in [-0.4, -0.2) is 82.0 Å². The van der Waals surface area contributed by atoms with Gasteiger partial charge in [-0.3, -0.25) is 19.2 Å². The smallest absolute Gasteiger partial charge is 0.326 e. The maximum Gasteiger partial charge on any atom is 0.326 e. The van der Waals surface area contributed by atoms with Crippen LogP contribution in [0.25, 0.3) is 0 Å². The summed E-state index contributed by atoms with van der Waals surface area (Å²) in [5.41, 5.74) is 0. The fourth-order valence-electron chi connectivity index (χ4n) is 4.12. The van der Waals surface area contributed by atoms with Gasteiger partial charge in [-0.15, -0.1) is 0 Å². The van der Waals surface area contributed by atoms with Crippen LogP contribution < -0.4 is 16.0 Å². The lowest BCUT2D eigenvalue weighted by molar-refractivity contribution is -0.150. The van der Waals surface area contributed by atoms with Crippen molar-refractivity contribution in [3.63, 3.8) is 0 Å². The summed E-state index contributed by atoms with van der Waals surface area (Å²) in [5.74, 6) is -3.98. The second-order valence-corrected chi connectivity index (χ2v) is 8.54. The van der Waals surface area contributed by atoms with Gasteiger partial charge in [0.1, 0.15) is 18.1 Å². The first-order chi connectivity index (χ1) is 15.1. The number of carbonyl (C=O) groups is 5. The van der Waals surface area contributed by atoms with Gasteiger partial charge >= 0.3 is 11.9 Å². The van der Waals surface area contributed by atoms with Crippen molar-refractivity contribution < 1.29 is 34.2 Å². The van der Waals surface area contributed by atoms with Crippen molar-refractivity contribution >= 4 is 29.7 Å². The van der Waals surface area contributed by atoms with Crippen molar-refractivity contribution in [3.8, 4) is 0 Å². The Labute approximate surface area is 187 Å². The normalized spacial score (nSPS) is 23.2. The van der Waals surface area contributed by atoms with Crippen molar-refractivity contribution in [3.05, 3.63) is 0 Å². The van der Waals surface area contributed by atoms with E-state index in [2.05, 4.69) is 16.0 Å². The van der Waals surface area contributed by atoms with Crippen LogP contribution in [0.15, 0.2) is 0 Å². The number of nitrogens with zero attached hydrogens (tertiary/aromatic N) is 1. The minimum Gasteiger partial charge on any atom is -0.481 e. The van der Waals surface area contributed by atoms with Crippen LogP contribution in [0.2, 0.25) is 0 Å². The fourth-order valence-corrected chi connectivity index (χ4v) is 4.12. The quantitative estimate of drug-likeness (QED) is 0.284. The first-order valence-electron chi connectivity index (χ1n) is 11.2. The third-order valence-electron chi connectivity index (χ3n) is 6.25. The maximum absolute atomic E-state index is 13.2. The third kappa shape index (κ3) is 6.65. The highest BCUT2D eigenvalue weighted by Crippen LogP contribution is 2.21. The molecule has 3 amide bonds. The minimum atomic E-state index is -1.12. The molecule has 5 atom stereocenters. The van der Waals surface area contributed by atoms with Gasteiger partial charge in [0, 0.05) is 13.0 Å². The van der Waals surface area contributed by atoms with Crippen molar-refractivity contribution in [2.75, 3.05) is 13.1 Å². The van der Waals surface area contributed by atoms with Crippen LogP contribution in [0.1, 0.15) is 58.8 Å². The third-order valence-corrected chi connectivity index (χ3v) is 6.25. The Morgan fingerprint density at radius 2 is 1.81 bits per heavy atom. The van der Waals surface area contributed by atoms with Gasteiger partial charge in [-0.1, -0.05) is 20.3 Å². The second-order valence-electron chi connectivity index (χ2n) is 8.54. The Kier molecular flexibility index (Phi) is 9.42. The number of amides is 3. The van der Waals surface area contributed by atoms with E-state index in [1.54, 1.807) is 6.92 Å². The standard InChI is InChI=1S/C21H34N4O7/c1-3-12(2)17(20(30)25-11-5-7-15(25)21(31)32)24-19(29)14(8-9-16(26)27)23-18(28)13-6-4-10-22-13/h12-15,17,22H,3-11H2,1-2H3,(H,23,28)(H,24,29)(H,26,27)(H,31,32). The van der Waals surface area contributed by atoms with Gasteiger partial charge in [0.2, 0.25) is 17.7 Å². The molecule has 32 heavy (non-hydrogen) atoms. The summed E-state index contributed by atoms with van der Waals surface area (Å²) in [6.45, 7) is 4.62. The Hall–Kier alpha value is -2.69. The maximum atomic E-state index is 13.2. The molecule has 180 valence electrons. The molecule has 5 N–H and O–H groups in total. The number of aliphatic carboxylic acids is 2. The molecule has 2 aliphatic heterocycles. The SMILES string of the molecule is CCC(C)C(NC(=O)C(CCC(=O)O)NC(=O)C1CCCN1)C(=O)N1CCCC1C(=O)O. The monoisotopic (exact) mass is 454 g/mol. The Morgan fingerprint density at radius 1 is 1.09 bits per heavy atom. The van der Waals surface area contributed by atoms with Crippen molar-refractivity contribution in [2.24, 2.45) is 5.92 Å². The van der Waals surface area contributed by atoms with E-state index in [4.69, 9.17) is 5.11 Å². The predicted molar refractivity (Wildman–Crippen MR) is 114 cm³/mol. The molecule has 2 heterocycles. The first kappa shape index (κ1) is 25.6. The summed E-state index contributed by atoms with van der Waals surface area (Å²) in [5, 5.41) is 26.8. The summed E-state index contributed by atoms with van der Waals surface area (Å²) < 4.78 is 0. The number of likely N-dealkylation sites (tertiary alicyclic amines) is 1. The van der Waals surface area contributed by atoms with E-state index < -0.39 is 47.9 Å². The van der Waals surface area contributed by atoms with Crippen molar-refractivity contribution in [2.45, 2.75) is 83.0 Å². The molecular weight excluding hydrogens is 420 g/mol. The number of carbonyl (C=O) groups excluding carboxylic acids is 3. The van der Waals surface area contributed by atoms with Crippen LogP contribution in [-0.2, 0) is 24.0 Å². The van der Waals surface area contributed by atoms with E-state index in [0.29, 0.717) is 38.8 Å². The highest BCUT2D eigenvalue weighted by atomic mass is 16.4. The lowest BCUT2D eigenvalue weighted by Crippen LogP contribution is -2.58. The molecule has 2 saturated heterocycles. The van der Waals surface area contributed by atoms with Crippen molar-refractivity contribution in [1.29, 1.82) is 0 Å². The molecule has 0 spiro atoms. The number of hydrogen-bond donors (Lipinski definition) is 5. The topological polar surface area (TPSA) is 165 Å². The van der Waals surface area contributed by atoms with E-state index in [1.807, 2.05) is 6.92 Å². The van der Waals surface area contributed by atoms with E-state index >= 15 is 0 Å². The van der Waals surface area contributed by atoms with Crippen molar-refractivity contribution in [1.82, 2.24) is 20.9 Å². The minimum absolute atomic E-state index is 0.123. The van der Waals surface area contributed by atoms with Crippen LogP contribution in [0, 0.1) is 5.92 Å². The second kappa shape index (κ2) is 11.8. The zero-order valence-electron chi connectivity index (χ0n) is 18.6. The van der Waals surface area contributed by atoms with E-state index in [9.17, 15) is 29.1 Å². The predicted octanol–water partition coefficient (Wildman–Crippen LogP) is -0.305. The van der Waals surface area contributed by atoms with Gasteiger partial charge in [0.25, 0.3) is 0 Å². The lowest BCUT2D eigenvalue weighted by atomic mass is 9.96. The molecule has 0 aromatic rings. The first-order valence-corrected chi connectivity index (χ1v) is 11.2. The zero-order chi connectivity index (χ0) is 23.8. The molecule has 0 saturated carbocycles. The average molecular weight is 455 g/mol. The molecule has 2 rings (SSSR count). The highest BCUT2D eigenvalue weighted by Gasteiger charge is 2.40. The van der Waals surface area contributed by atoms with Crippen LogP contribution in [0.4, 0.5) is 0 Å². The van der Waals surface area contributed by atoms with Gasteiger partial charge in [-0.05, 0) is 44.6 Å². The Bertz CT molecular complexity index is 723. The fraction of sp³-hybridized carbons (Fsp3) is 0.762. The molecule has 5 unspecified atom stereocenters. The van der Waals surface area contributed by atoms with Gasteiger partial charge in [0.05, 0.1) is 6.04 Å². The zero-order valence-corrected chi connectivity index (χ0v) is 18.6. The molecule has 11 heteroatoms. The largest absolute Gasteiger partial charge is 0.481 e. The van der Waals surface area contributed by atoms with Gasteiger partial charge in [0.15, 0.2) is 0 Å². The molecule has 0 aliphatic carbocycles. The highest BCUT2D eigenvalue weighted by molar-refractivity contribution is 5.94. The number of rotatable bonds is 11. The molecule has 2 fully saturated rings. The molecule has 11 nitrogen and oxygen atoms in total. The summed E-state index contributed by atoms with van der Waals surface area (Å²) in [6.07, 6.45) is 2.48. The number of nitrogens with one attached hydrogen (secondary N) is 3. The van der Waals surface area contributed by atoms with E-state index in [-0.39, 0.29) is 24.7 Å². The summed E-state index contributed by atoms with van der Waals surface area (Å²) in [6, 6.07) is -3.46. The van der Waals surface area contributed by atoms with E-state index in [0.717, 1.165) is 6.42 Å². The Balaban J connectivity index is 2.15. The lowest BCUT2D eigenvalue weighted by Gasteiger charge is -2.31. The van der Waals surface area contributed by atoms with Gasteiger partial charge in [-0.25, -0.2) is 4.79 Å². The summed E-state index contributed by atoms with van der Waals surface area (Å²) in [7, 11) is 0. The van der Waals surface area contributed by atoms with E-state index in [1.165, 1.54) is 4.90 Å². The number of carboxylic acids is 2. The van der Waals surface area contributed by atoms with Gasteiger partial charge in [-0.2, -0.15) is 0 Å². The number of hydrogen-bond acceptors (Lipinski definition) is 6. The Morgan fingerprint density at radius 3 is 2.38 bits per heavy atom.